The maximum absolute atomic E-state index is 13.6. The van der Waals surface area contributed by atoms with Gasteiger partial charge in [-0.1, -0.05) is 109 Å². The molecule has 0 fully saturated rings. The molecule has 5 aromatic rings. The van der Waals surface area contributed by atoms with Crippen molar-refractivity contribution in [3.05, 3.63) is 155 Å². The third-order valence-electron chi connectivity index (χ3n) is 6.64. The van der Waals surface area contributed by atoms with Crippen LogP contribution in [0.25, 0.3) is 22.3 Å². The first-order valence-corrected chi connectivity index (χ1v) is 13.1. The van der Waals surface area contributed by atoms with E-state index in [9.17, 15) is 9.90 Å². The Labute approximate surface area is 234 Å². The molecule has 1 radical (unpaired) electrons. The second-order valence-corrected chi connectivity index (χ2v) is 9.63. The lowest BCUT2D eigenvalue weighted by molar-refractivity contribution is -0.259. The summed E-state index contributed by atoms with van der Waals surface area (Å²) in [5.74, 6) is -0.509. The summed E-state index contributed by atoms with van der Waals surface area (Å²) in [6.45, 7) is 2.01. The molecule has 2 unspecified atom stereocenters. The number of rotatable bonds is 10. The average molecular weight is 529 g/mol. The van der Waals surface area contributed by atoms with Gasteiger partial charge in [0, 0.05) is 16.7 Å². The molecular formula is C35H30NO4. The lowest BCUT2D eigenvalue weighted by atomic mass is 9.99. The van der Waals surface area contributed by atoms with E-state index in [2.05, 4.69) is 0 Å². The van der Waals surface area contributed by atoms with Crippen molar-refractivity contribution in [3.8, 4) is 22.3 Å². The highest BCUT2D eigenvalue weighted by atomic mass is 16.7. The SMILES string of the molecule is Cc1cc(COC(OC([O])c2cccc(-c3ccccc3)c2)c2ccccc2-c2ccccc2)cc(C(N)=O)c1. The molecule has 0 aromatic heterocycles. The third kappa shape index (κ3) is 6.53. The van der Waals surface area contributed by atoms with Gasteiger partial charge in [0.1, 0.15) is 0 Å². The molecule has 0 bridgehead atoms. The number of amides is 1. The Kier molecular flexibility index (Phi) is 8.47. The highest BCUT2D eigenvalue weighted by Gasteiger charge is 2.23. The predicted octanol–water partition coefficient (Wildman–Crippen LogP) is 7.79. The summed E-state index contributed by atoms with van der Waals surface area (Å²) in [6.07, 6.45) is -2.48. The molecule has 5 nitrogen and oxygen atoms in total. The highest BCUT2D eigenvalue weighted by Crippen LogP contribution is 2.35. The zero-order chi connectivity index (χ0) is 27.9. The maximum Gasteiger partial charge on any atom is 0.248 e. The molecule has 5 heteroatoms. The van der Waals surface area contributed by atoms with Crippen molar-refractivity contribution < 1.29 is 19.4 Å². The largest absolute Gasteiger partial charge is 0.366 e. The molecule has 40 heavy (non-hydrogen) atoms. The fourth-order valence-corrected chi connectivity index (χ4v) is 4.73. The van der Waals surface area contributed by atoms with Crippen molar-refractivity contribution in [1.29, 1.82) is 0 Å². The van der Waals surface area contributed by atoms with Gasteiger partial charge in [-0.3, -0.25) is 4.79 Å². The van der Waals surface area contributed by atoms with Crippen LogP contribution in [0, 0.1) is 6.92 Å². The van der Waals surface area contributed by atoms with E-state index in [0.717, 1.165) is 38.9 Å². The highest BCUT2D eigenvalue weighted by molar-refractivity contribution is 5.93. The molecule has 0 aliphatic rings. The number of primary amides is 1. The Morgan fingerprint density at radius 1 is 0.725 bits per heavy atom. The minimum absolute atomic E-state index is 0.118. The van der Waals surface area contributed by atoms with Crippen molar-refractivity contribution in [2.24, 2.45) is 5.73 Å². The second kappa shape index (κ2) is 12.5. The monoisotopic (exact) mass is 528 g/mol. The number of carbonyl (C=O) groups is 1. The van der Waals surface area contributed by atoms with Crippen LogP contribution in [-0.2, 0) is 21.2 Å². The van der Waals surface area contributed by atoms with Gasteiger partial charge in [-0.05, 0) is 58.5 Å². The van der Waals surface area contributed by atoms with Crippen LogP contribution >= 0.6 is 0 Å². The van der Waals surface area contributed by atoms with Gasteiger partial charge in [-0.2, -0.15) is 5.11 Å². The van der Waals surface area contributed by atoms with Gasteiger partial charge in [-0.25, -0.2) is 0 Å². The number of ether oxygens (including phenoxy) is 2. The normalized spacial score (nSPS) is 12.6. The number of hydrogen-bond donors (Lipinski definition) is 1. The predicted molar refractivity (Wildman–Crippen MR) is 155 cm³/mol. The van der Waals surface area contributed by atoms with E-state index >= 15 is 0 Å². The van der Waals surface area contributed by atoms with Gasteiger partial charge in [0.25, 0.3) is 0 Å². The van der Waals surface area contributed by atoms with Crippen LogP contribution < -0.4 is 5.73 Å². The van der Waals surface area contributed by atoms with E-state index in [1.54, 1.807) is 18.2 Å². The van der Waals surface area contributed by atoms with E-state index in [1.165, 1.54) is 0 Å². The summed E-state index contributed by atoms with van der Waals surface area (Å²) >= 11 is 0. The number of nitrogens with two attached hydrogens (primary N) is 1. The number of carbonyl (C=O) groups excluding carboxylic acids is 1. The van der Waals surface area contributed by atoms with E-state index < -0.39 is 18.5 Å². The topological polar surface area (TPSA) is 81.4 Å². The van der Waals surface area contributed by atoms with E-state index in [4.69, 9.17) is 15.2 Å². The first-order chi connectivity index (χ1) is 19.5. The van der Waals surface area contributed by atoms with Crippen LogP contribution in [-0.4, -0.2) is 5.91 Å². The first-order valence-electron chi connectivity index (χ1n) is 13.1. The Hall–Kier alpha value is -4.55. The van der Waals surface area contributed by atoms with Crippen molar-refractivity contribution >= 4 is 5.91 Å². The molecule has 2 atom stereocenters. The Balaban J connectivity index is 1.47. The van der Waals surface area contributed by atoms with Crippen molar-refractivity contribution in [2.45, 2.75) is 26.1 Å². The lowest BCUT2D eigenvalue weighted by Gasteiger charge is -2.24. The molecule has 0 aliphatic carbocycles. The van der Waals surface area contributed by atoms with Crippen molar-refractivity contribution in [2.75, 3.05) is 0 Å². The minimum Gasteiger partial charge on any atom is -0.366 e. The number of aryl methyl sites for hydroxylation is 1. The lowest BCUT2D eigenvalue weighted by Crippen LogP contribution is -2.15. The van der Waals surface area contributed by atoms with Gasteiger partial charge in [0.15, 0.2) is 6.29 Å². The van der Waals surface area contributed by atoms with Crippen LogP contribution in [0.5, 0.6) is 0 Å². The zero-order valence-electron chi connectivity index (χ0n) is 22.2. The molecule has 5 aromatic carbocycles. The molecular weight excluding hydrogens is 498 g/mol. The molecule has 0 heterocycles. The molecule has 0 spiro atoms. The van der Waals surface area contributed by atoms with E-state index in [0.29, 0.717) is 11.1 Å². The Morgan fingerprint density at radius 3 is 2.10 bits per heavy atom. The van der Waals surface area contributed by atoms with Crippen molar-refractivity contribution in [1.82, 2.24) is 0 Å². The molecule has 0 aliphatic heterocycles. The van der Waals surface area contributed by atoms with Gasteiger partial charge < -0.3 is 15.2 Å². The van der Waals surface area contributed by atoms with Crippen molar-refractivity contribution in [3.63, 3.8) is 0 Å². The van der Waals surface area contributed by atoms with E-state index in [-0.39, 0.29) is 6.61 Å². The third-order valence-corrected chi connectivity index (χ3v) is 6.64. The van der Waals surface area contributed by atoms with Crippen LogP contribution in [0.2, 0.25) is 0 Å². The summed E-state index contributed by atoms with van der Waals surface area (Å²) in [4.78, 5) is 11.8. The molecule has 199 valence electrons. The summed E-state index contributed by atoms with van der Waals surface area (Å²) in [7, 11) is 0. The first kappa shape index (κ1) is 27.0. The fourth-order valence-electron chi connectivity index (χ4n) is 4.73. The molecule has 2 N–H and O–H groups in total. The number of benzene rings is 5. The van der Waals surface area contributed by atoms with Gasteiger partial charge in [-0.15, -0.1) is 0 Å². The molecule has 0 saturated heterocycles. The Bertz CT molecular complexity index is 1580. The molecule has 5 rings (SSSR count). The summed E-state index contributed by atoms with van der Waals surface area (Å²) in [5.41, 5.74) is 12.6. The summed E-state index contributed by atoms with van der Waals surface area (Å²) in [5, 5.41) is 13.6. The second-order valence-electron chi connectivity index (χ2n) is 9.63. The molecule has 0 saturated carbocycles. The standard InChI is InChI=1S/C35H30NO4/c1-24-19-25(21-30(20-24)33(36)37)23-39-35(32-18-9-8-17-31(32)27-13-6-3-7-14-27)40-34(38)29-16-10-15-28(22-29)26-11-4-2-5-12-26/h2-22,34-35H,23H2,1H3,(H2,36,37). The number of hydrogen-bond acceptors (Lipinski definition) is 3. The summed E-state index contributed by atoms with van der Waals surface area (Å²) in [6, 6.07) is 40.3. The van der Waals surface area contributed by atoms with Gasteiger partial charge in [0.05, 0.1) is 6.61 Å². The van der Waals surface area contributed by atoms with Gasteiger partial charge in [0.2, 0.25) is 12.2 Å². The molecule has 1 amide bonds. The zero-order valence-corrected chi connectivity index (χ0v) is 22.2. The maximum atomic E-state index is 13.6. The van der Waals surface area contributed by atoms with E-state index in [1.807, 2.05) is 116 Å². The Morgan fingerprint density at radius 2 is 1.38 bits per heavy atom. The smallest absolute Gasteiger partial charge is 0.248 e. The van der Waals surface area contributed by atoms with Crippen LogP contribution in [0.4, 0.5) is 0 Å². The minimum atomic E-state index is -1.50. The summed E-state index contributed by atoms with van der Waals surface area (Å²) < 4.78 is 12.4. The average Bonchev–Trinajstić information content (AvgIpc) is 3.00. The van der Waals surface area contributed by atoms with Crippen LogP contribution in [0.1, 0.15) is 45.2 Å². The van der Waals surface area contributed by atoms with Crippen LogP contribution in [0.15, 0.2) is 127 Å². The fraction of sp³-hybridized carbons (Fsp3) is 0.114. The van der Waals surface area contributed by atoms with Crippen LogP contribution in [0.3, 0.4) is 0 Å². The quantitative estimate of drug-likeness (QED) is 0.188. The van der Waals surface area contributed by atoms with Gasteiger partial charge >= 0.3 is 0 Å².